The van der Waals surface area contributed by atoms with Gasteiger partial charge in [0.1, 0.15) is 5.69 Å². The van der Waals surface area contributed by atoms with Gasteiger partial charge in [-0.25, -0.2) is 14.5 Å². The van der Waals surface area contributed by atoms with Crippen molar-refractivity contribution in [2.24, 2.45) is 0 Å². The van der Waals surface area contributed by atoms with Crippen LogP contribution in [0.5, 0.6) is 5.88 Å². The topological polar surface area (TPSA) is 79.1 Å². The van der Waals surface area contributed by atoms with E-state index in [0.717, 1.165) is 5.69 Å². The maximum absolute atomic E-state index is 12.0. The number of hydrogen-bond acceptors (Lipinski definition) is 7. The van der Waals surface area contributed by atoms with E-state index in [1.54, 1.807) is 31.0 Å². The smallest absolute Gasteiger partial charge is 0.358 e. The summed E-state index contributed by atoms with van der Waals surface area (Å²) in [5.74, 6) is 0.106. The lowest BCUT2D eigenvalue weighted by molar-refractivity contribution is 0.0519. The van der Waals surface area contributed by atoms with Gasteiger partial charge in [0.15, 0.2) is 10.9 Å². The zero-order valence-corrected chi connectivity index (χ0v) is 14.7. The summed E-state index contributed by atoms with van der Waals surface area (Å²) in [6.45, 7) is 6.10. The molecule has 0 aromatic carbocycles. The van der Waals surface area contributed by atoms with E-state index in [1.807, 2.05) is 20.1 Å². The highest BCUT2D eigenvalue weighted by atomic mass is 32.2. The third-order valence-electron chi connectivity index (χ3n) is 3.13. The van der Waals surface area contributed by atoms with Crippen LogP contribution in [0, 0.1) is 0 Å². The number of aromatic nitrogens is 4. The molecule has 2 heterocycles. The molecule has 124 valence electrons. The Morgan fingerprint density at radius 1 is 1.43 bits per heavy atom. The summed E-state index contributed by atoms with van der Waals surface area (Å²) in [6, 6.07) is 1.73. The molecular weight excluding hydrogens is 316 g/mol. The van der Waals surface area contributed by atoms with E-state index in [1.165, 1.54) is 11.8 Å². The molecule has 7 nitrogen and oxygen atoms in total. The minimum atomic E-state index is -0.450. The van der Waals surface area contributed by atoms with Gasteiger partial charge in [0.05, 0.1) is 19.9 Å². The van der Waals surface area contributed by atoms with Gasteiger partial charge in [0.2, 0.25) is 5.88 Å². The molecule has 0 amide bonds. The number of thioether (sulfide) groups is 1. The van der Waals surface area contributed by atoms with Gasteiger partial charge in [0.25, 0.3) is 0 Å². The van der Waals surface area contributed by atoms with Gasteiger partial charge < -0.3 is 9.47 Å². The molecule has 0 fully saturated rings. The summed E-state index contributed by atoms with van der Waals surface area (Å²) >= 11 is 1.42. The second-order valence-corrected chi connectivity index (χ2v) is 5.77. The van der Waals surface area contributed by atoms with Crippen LogP contribution in [-0.2, 0) is 4.74 Å². The van der Waals surface area contributed by atoms with Crippen LogP contribution in [0.25, 0.3) is 5.69 Å². The number of carbonyl (C=O) groups is 1. The summed E-state index contributed by atoms with van der Waals surface area (Å²) in [6.07, 6.45) is 3.53. The van der Waals surface area contributed by atoms with E-state index in [2.05, 4.69) is 15.1 Å². The molecule has 2 aromatic rings. The number of ether oxygens (including phenoxy) is 2. The number of rotatable bonds is 6. The minimum absolute atomic E-state index is 0.149. The van der Waals surface area contributed by atoms with Crippen molar-refractivity contribution in [1.82, 2.24) is 19.7 Å². The first kappa shape index (κ1) is 17.3. The molecule has 0 aliphatic heterocycles. The zero-order chi connectivity index (χ0) is 17.0. The van der Waals surface area contributed by atoms with Gasteiger partial charge in [0, 0.05) is 5.69 Å². The molecule has 23 heavy (non-hydrogen) atoms. The number of nitrogens with zero attached hydrogens (tertiary/aromatic N) is 4. The molecule has 0 atom stereocenters. The average Bonchev–Trinajstić information content (AvgIpc) is 2.99. The van der Waals surface area contributed by atoms with Crippen molar-refractivity contribution < 1.29 is 14.3 Å². The molecule has 0 unspecified atom stereocenters. The van der Waals surface area contributed by atoms with E-state index in [0.29, 0.717) is 23.3 Å². The van der Waals surface area contributed by atoms with Crippen molar-refractivity contribution in [3.63, 3.8) is 0 Å². The summed E-state index contributed by atoms with van der Waals surface area (Å²) in [4.78, 5) is 20.6. The van der Waals surface area contributed by atoms with Crippen molar-refractivity contribution in [1.29, 1.82) is 0 Å². The van der Waals surface area contributed by atoms with E-state index in [9.17, 15) is 4.79 Å². The van der Waals surface area contributed by atoms with Crippen LogP contribution in [0.4, 0.5) is 0 Å². The number of hydrogen-bond donors (Lipinski definition) is 0. The Morgan fingerprint density at radius 2 is 2.17 bits per heavy atom. The molecule has 0 saturated heterocycles. The van der Waals surface area contributed by atoms with Gasteiger partial charge in [-0.15, -0.1) is 0 Å². The molecule has 0 spiro atoms. The maximum atomic E-state index is 12.0. The number of esters is 1. The second-order valence-electron chi connectivity index (χ2n) is 4.99. The molecule has 0 aliphatic carbocycles. The molecule has 0 radical (unpaired) electrons. The fourth-order valence-corrected chi connectivity index (χ4v) is 2.38. The van der Waals surface area contributed by atoms with Crippen molar-refractivity contribution in [2.45, 2.75) is 31.8 Å². The van der Waals surface area contributed by atoms with Gasteiger partial charge in [-0.3, -0.25) is 0 Å². The van der Waals surface area contributed by atoms with E-state index in [-0.39, 0.29) is 11.6 Å². The predicted molar refractivity (Wildman–Crippen MR) is 87.5 cm³/mol. The predicted octanol–water partition coefficient (Wildman–Crippen LogP) is 2.69. The molecule has 0 aliphatic rings. The molecule has 0 N–H and O–H groups in total. The average molecular weight is 336 g/mol. The summed E-state index contributed by atoms with van der Waals surface area (Å²) in [5.41, 5.74) is 1.70. The van der Waals surface area contributed by atoms with Crippen molar-refractivity contribution >= 4 is 17.7 Å². The monoisotopic (exact) mass is 336 g/mol. The first-order chi connectivity index (χ1) is 11.0. The van der Waals surface area contributed by atoms with Crippen LogP contribution < -0.4 is 4.74 Å². The Balaban J connectivity index is 2.55. The van der Waals surface area contributed by atoms with E-state index in [4.69, 9.17) is 9.47 Å². The third-order valence-corrected chi connectivity index (χ3v) is 3.69. The van der Waals surface area contributed by atoms with Gasteiger partial charge in [-0.1, -0.05) is 25.6 Å². The van der Waals surface area contributed by atoms with Crippen LogP contribution in [0.3, 0.4) is 0 Å². The summed E-state index contributed by atoms with van der Waals surface area (Å²) in [5, 5.41) is 4.97. The quantitative estimate of drug-likeness (QED) is 0.456. The lowest BCUT2D eigenvalue weighted by atomic mass is 10.1. The lowest BCUT2D eigenvalue weighted by Crippen LogP contribution is -2.09. The van der Waals surface area contributed by atoms with E-state index < -0.39 is 5.97 Å². The Kier molecular flexibility index (Phi) is 5.59. The first-order valence-corrected chi connectivity index (χ1v) is 8.46. The Morgan fingerprint density at radius 3 is 2.74 bits per heavy atom. The van der Waals surface area contributed by atoms with Crippen LogP contribution in [0.1, 0.15) is 42.9 Å². The number of carbonyl (C=O) groups excluding carboxylic acids is 1. The zero-order valence-electron chi connectivity index (χ0n) is 13.9. The van der Waals surface area contributed by atoms with Crippen molar-refractivity contribution in [2.75, 3.05) is 20.0 Å². The molecule has 2 aromatic heterocycles. The van der Waals surface area contributed by atoms with Crippen LogP contribution >= 0.6 is 11.8 Å². The first-order valence-electron chi connectivity index (χ1n) is 7.24. The highest BCUT2D eigenvalue weighted by Crippen LogP contribution is 2.26. The Hall–Kier alpha value is -2.09. The molecule has 2 rings (SSSR count). The highest BCUT2D eigenvalue weighted by molar-refractivity contribution is 7.98. The van der Waals surface area contributed by atoms with Gasteiger partial charge in [-0.05, 0) is 25.2 Å². The summed E-state index contributed by atoms with van der Waals surface area (Å²) < 4.78 is 12.0. The van der Waals surface area contributed by atoms with Gasteiger partial charge in [-0.2, -0.15) is 10.1 Å². The second kappa shape index (κ2) is 7.45. The van der Waals surface area contributed by atoms with Crippen LogP contribution in [0.15, 0.2) is 17.4 Å². The molecule has 0 saturated carbocycles. The van der Waals surface area contributed by atoms with Gasteiger partial charge >= 0.3 is 5.97 Å². The largest absolute Gasteiger partial charge is 0.479 e. The molecular formula is C15H20N4O3S. The van der Waals surface area contributed by atoms with E-state index >= 15 is 0 Å². The van der Waals surface area contributed by atoms with Crippen molar-refractivity contribution in [3.8, 4) is 11.6 Å². The summed E-state index contributed by atoms with van der Waals surface area (Å²) in [7, 11) is 1.54. The third kappa shape index (κ3) is 3.64. The minimum Gasteiger partial charge on any atom is -0.479 e. The fourth-order valence-electron chi connectivity index (χ4n) is 2.04. The maximum Gasteiger partial charge on any atom is 0.358 e. The number of methoxy groups -OCH3 is 1. The molecule has 8 heteroatoms. The van der Waals surface area contributed by atoms with Crippen LogP contribution in [-0.4, -0.2) is 45.7 Å². The normalized spacial score (nSPS) is 10.9. The lowest BCUT2D eigenvalue weighted by Gasteiger charge is -2.12. The van der Waals surface area contributed by atoms with Crippen LogP contribution in [0.2, 0.25) is 0 Å². The van der Waals surface area contributed by atoms with Crippen molar-refractivity contribution in [3.05, 3.63) is 23.7 Å². The fraction of sp³-hybridized carbons (Fsp3) is 0.467. The molecule has 0 bridgehead atoms. The SMILES string of the molecule is CCOC(=O)c1cc(C(C)C)n(-c2cnc(SC)nc2OC)n1. The Labute approximate surface area is 139 Å². The standard InChI is InChI=1S/C15H20N4O3S/c1-6-22-14(20)10-7-11(9(2)3)19(18-10)12-8-16-15(23-5)17-13(12)21-4/h7-9H,6H2,1-5H3. The Bertz CT molecular complexity index is 700. The highest BCUT2D eigenvalue weighted by Gasteiger charge is 2.21.